The Bertz CT molecular complexity index is 3540. The van der Waals surface area contributed by atoms with Crippen LogP contribution in [-0.2, 0) is 83.1 Å². The number of nitrogens with two attached hydrogens (primary N) is 1. The van der Waals surface area contributed by atoms with E-state index in [0.29, 0.717) is 24.2 Å². The molecule has 0 saturated carbocycles. The van der Waals surface area contributed by atoms with Crippen molar-refractivity contribution in [1.82, 2.24) is 78.5 Å². The Labute approximate surface area is 670 Å². The van der Waals surface area contributed by atoms with Crippen molar-refractivity contribution in [2.24, 2.45) is 17.6 Å². The molecule has 1 aromatic rings. The molecule has 115 heavy (non-hydrogen) atoms. The summed E-state index contributed by atoms with van der Waals surface area (Å²) in [4.78, 5) is 224. The highest BCUT2D eigenvalue weighted by atomic mass is 32.2. The van der Waals surface area contributed by atoms with Gasteiger partial charge in [0.15, 0.2) is 0 Å². The molecule has 4 rings (SSSR count). The number of amides is 15. The fourth-order valence-electron chi connectivity index (χ4n) is 13.0. The van der Waals surface area contributed by atoms with Gasteiger partial charge in [-0.2, -0.15) is 11.8 Å². The number of likely N-dealkylation sites (tertiary alicyclic amines) is 3. The monoisotopic (exact) mass is 1650 g/mol. The van der Waals surface area contributed by atoms with Crippen LogP contribution in [-0.4, -0.2) is 333 Å². The summed E-state index contributed by atoms with van der Waals surface area (Å²) in [5.74, 6) is -17.6. The molecule has 3 heterocycles. The maximum Gasteiger partial charge on any atom is 0.326 e. The lowest BCUT2D eigenvalue weighted by Crippen LogP contribution is -2.64. The van der Waals surface area contributed by atoms with E-state index in [0.717, 1.165) is 51.3 Å². The van der Waals surface area contributed by atoms with Crippen molar-refractivity contribution < 1.29 is 123 Å². The minimum Gasteiger partial charge on any atom is -0.480 e. The number of carboxylic acids is 1. The van der Waals surface area contributed by atoms with Gasteiger partial charge in [-0.05, 0) is 123 Å². The molecule has 23 atom stereocenters. The molecule has 0 radical (unpaired) electrons. The molecule has 1 aromatic carbocycles. The van der Waals surface area contributed by atoms with Gasteiger partial charge in [-0.25, -0.2) is 4.79 Å². The summed E-state index contributed by atoms with van der Waals surface area (Å²) < 4.78 is 0. The normalized spacial score (nSPS) is 20.7. The largest absolute Gasteiger partial charge is 0.480 e. The minimum absolute atomic E-state index is 0.00899. The molecule has 0 aromatic heterocycles. The van der Waals surface area contributed by atoms with Crippen LogP contribution < -0.4 is 69.5 Å². The van der Waals surface area contributed by atoms with Crippen LogP contribution in [0.1, 0.15) is 133 Å². The maximum absolute atomic E-state index is 14.9. The summed E-state index contributed by atoms with van der Waals surface area (Å²) >= 11 is 1.29. The van der Waals surface area contributed by atoms with E-state index in [1.54, 1.807) is 43.5 Å². The number of nitrogens with one attached hydrogen (secondary N) is 12. The minimum atomic E-state index is -2.00. The number of nitrogens with zero attached hydrogens (tertiary/aromatic N) is 3. The molecule has 646 valence electrons. The summed E-state index contributed by atoms with van der Waals surface area (Å²) in [6.07, 6.45) is -7.00. The van der Waals surface area contributed by atoms with Crippen LogP contribution in [0.15, 0.2) is 30.3 Å². The van der Waals surface area contributed by atoms with Gasteiger partial charge < -0.3 is 130 Å². The number of aliphatic carboxylic acids is 1. The summed E-state index contributed by atoms with van der Waals surface area (Å²) in [5, 5.41) is 122. The first-order chi connectivity index (χ1) is 54.0. The fourth-order valence-corrected chi connectivity index (χ4v) is 13.5. The molecule has 41 nitrogen and oxygen atoms in total. The average molecular weight is 1650 g/mol. The lowest BCUT2D eigenvalue weighted by molar-refractivity contribution is -0.146. The number of rotatable bonds is 44. The van der Waals surface area contributed by atoms with Gasteiger partial charge in [0.25, 0.3) is 0 Å². The summed E-state index contributed by atoms with van der Waals surface area (Å²) in [6.45, 7) is 12.2. The Balaban J connectivity index is 1.43. The lowest BCUT2D eigenvalue weighted by Gasteiger charge is -2.33. The number of benzene rings is 1. The molecule has 3 fully saturated rings. The summed E-state index contributed by atoms with van der Waals surface area (Å²) in [6, 6.07) is -17.1. The highest BCUT2D eigenvalue weighted by Gasteiger charge is 2.46. The van der Waals surface area contributed by atoms with Crippen LogP contribution in [0.25, 0.3) is 0 Å². The van der Waals surface area contributed by atoms with Gasteiger partial charge in [0.2, 0.25) is 88.6 Å². The van der Waals surface area contributed by atoms with E-state index in [1.165, 1.54) is 37.4 Å². The smallest absolute Gasteiger partial charge is 0.326 e. The number of carbonyl (C=O) groups is 16. The van der Waals surface area contributed by atoms with Gasteiger partial charge in [-0.1, -0.05) is 64.4 Å². The van der Waals surface area contributed by atoms with Gasteiger partial charge >= 0.3 is 5.97 Å². The number of hydrogen-bond acceptors (Lipinski definition) is 26. The first-order valence-corrected chi connectivity index (χ1v) is 39.7. The Morgan fingerprint density at radius 2 is 0.748 bits per heavy atom. The van der Waals surface area contributed by atoms with E-state index < -0.39 is 247 Å². The Hall–Kier alpha value is -9.27. The molecule has 0 aliphatic carbocycles. The van der Waals surface area contributed by atoms with Crippen molar-refractivity contribution in [3.8, 4) is 0 Å². The van der Waals surface area contributed by atoms with Crippen molar-refractivity contribution >= 4 is 106 Å². The van der Waals surface area contributed by atoms with Crippen molar-refractivity contribution in [2.45, 2.75) is 267 Å². The molecule has 0 bridgehead atoms. The van der Waals surface area contributed by atoms with E-state index in [9.17, 15) is 123 Å². The molecule has 15 amide bonds. The third-order valence-corrected chi connectivity index (χ3v) is 20.8. The second-order valence-electron chi connectivity index (χ2n) is 29.7. The topological polar surface area (TPSA) is 635 Å². The molecule has 0 spiro atoms. The Morgan fingerprint density at radius 1 is 0.417 bits per heavy atom. The quantitative estimate of drug-likeness (QED) is 0.0288. The van der Waals surface area contributed by atoms with Crippen molar-refractivity contribution in [2.75, 3.05) is 44.9 Å². The first kappa shape index (κ1) is 98.1. The number of hydrogen-bond donors (Lipinski definition) is 22. The first-order valence-electron chi connectivity index (χ1n) is 38.4. The van der Waals surface area contributed by atoms with Gasteiger partial charge in [0.1, 0.15) is 90.6 Å². The number of thioether (sulfide) groups is 1. The zero-order valence-corrected chi connectivity index (χ0v) is 67.6. The highest BCUT2D eigenvalue weighted by Crippen LogP contribution is 2.25. The van der Waals surface area contributed by atoms with Gasteiger partial charge in [0.05, 0.1) is 55.9 Å². The molecular formula is C73H118N16O25S. The number of aliphatic hydroxyl groups is 8. The standard InChI is InChI=1S/C73H118N16O25S/c1-13-34(4)50(74)71(111)88-27-18-23-48(88)63(103)79-46(32-91)60(100)86-57(41(11)97)72(112)89-28-19-24-49(89)61(101)77-44(30-42-20-15-14-16-21-42)70(110)87-26-17-22-47(87)62(102)78-45(31-90)59(99)82-54(38(8)94)68(108)84-55(39(9)95)66(106)80-51(33(2)3)64(104)75-35(5)58(98)81-53(37(7)93)67(107)85-56(40(10)96)69(109)83-52(36(6)92)65(105)76-43(73(113)114)25-29-115-12/h14-16,20-21,33-41,43-57,90-97H,13,17-19,22-32,74H2,1-12H3,(H,75,104)(H,76,105)(H,77,101)(H,78,102)(H,79,103)(H,80,106)(H,81,98)(H,82,99)(H,83,109)(H,84,108)(H,85,107)(H,86,100)(H,113,114)/t34-,35-,36+,37+,38+,39+,40+,41+,43-,44-,45-,46-,47-,48-,49-,50-,51-,52-,53-,54-,55-,56-,57-/m0/s1. The van der Waals surface area contributed by atoms with Crippen LogP contribution in [0.3, 0.4) is 0 Å². The second-order valence-corrected chi connectivity index (χ2v) is 30.7. The number of carbonyl (C=O) groups excluding carboxylic acids is 15. The summed E-state index contributed by atoms with van der Waals surface area (Å²) in [5.41, 5.74) is 6.75. The van der Waals surface area contributed by atoms with Gasteiger partial charge in [0, 0.05) is 26.1 Å². The zero-order chi connectivity index (χ0) is 86.7. The zero-order valence-electron chi connectivity index (χ0n) is 66.7. The molecule has 0 unspecified atom stereocenters. The van der Waals surface area contributed by atoms with Crippen molar-refractivity contribution in [3.05, 3.63) is 35.9 Å². The number of aliphatic hydroxyl groups excluding tert-OH is 8. The van der Waals surface area contributed by atoms with Crippen LogP contribution in [0.4, 0.5) is 0 Å². The van der Waals surface area contributed by atoms with E-state index >= 15 is 0 Å². The van der Waals surface area contributed by atoms with E-state index in [4.69, 9.17) is 5.73 Å². The SMILES string of the molecule is CC[C@H](C)[C@H](N)C(=O)N1CCC[C@H]1C(=O)N[C@@H](CO)C(=O)N[C@H](C(=O)N1CCC[C@H]1C(=O)N[C@@H](Cc1ccccc1)C(=O)N1CCC[C@H]1C(=O)N[C@@H](CO)C(=O)N[C@H](C(=O)N[C@H](C(=O)N[C@H](C(=O)N[C@@H](C)C(=O)N[C@H](C(=O)N[C@H](C(=O)N[C@H](C(=O)N[C@@H](CCSC)C(=O)O)[C@@H](C)O)[C@@H](C)O)[C@@H](C)O)C(C)C)[C@@H](C)O)[C@@H](C)O)[C@@H](C)O. The summed E-state index contributed by atoms with van der Waals surface area (Å²) in [7, 11) is 0. The molecule has 3 aliphatic heterocycles. The predicted molar refractivity (Wildman–Crippen MR) is 410 cm³/mol. The third-order valence-electron chi connectivity index (χ3n) is 20.2. The van der Waals surface area contributed by atoms with Crippen LogP contribution in [0.5, 0.6) is 0 Å². The van der Waals surface area contributed by atoms with E-state index in [-0.39, 0.29) is 70.5 Å². The lowest BCUT2D eigenvalue weighted by atomic mass is 9.98. The van der Waals surface area contributed by atoms with Crippen molar-refractivity contribution in [1.29, 1.82) is 0 Å². The second kappa shape index (κ2) is 46.5. The third kappa shape index (κ3) is 28.0. The molecular weight excluding hydrogens is 1530 g/mol. The van der Waals surface area contributed by atoms with E-state index in [1.807, 2.05) is 6.92 Å². The van der Waals surface area contributed by atoms with E-state index in [2.05, 4.69) is 63.8 Å². The Morgan fingerprint density at radius 3 is 1.10 bits per heavy atom. The number of carboxylic acid groups (broad SMARTS) is 1. The molecule has 3 aliphatic rings. The Kier molecular flexibility index (Phi) is 39.6. The van der Waals surface area contributed by atoms with Gasteiger partial charge in [-0.3, -0.25) is 71.9 Å². The maximum atomic E-state index is 14.9. The van der Waals surface area contributed by atoms with Gasteiger partial charge in [-0.15, -0.1) is 0 Å². The van der Waals surface area contributed by atoms with Crippen LogP contribution in [0, 0.1) is 11.8 Å². The average Bonchev–Trinajstić information content (AvgIpc) is 1.70. The van der Waals surface area contributed by atoms with Crippen LogP contribution in [0.2, 0.25) is 0 Å². The molecule has 42 heteroatoms. The van der Waals surface area contributed by atoms with Crippen molar-refractivity contribution in [3.63, 3.8) is 0 Å². The fraction of sp³-hybridized carbons (Fsp3) is 0.699. The van der Waals surface area contributed by atoms with Crippen LogP contribution >= 0.6 is 11.8 Å². The predicted octanol–water partition coefficient (Wildman–Crippen LogP) is -8.82. The molecule has 23 N–H and O–H groups in total. The molecule has 3 saturated heterocycles. The highest BCUT2D eigenvalue weighted by molar-refractivity contribution is 7.98.